The number of aromatic nitrogens is 2. The summed E-state index contributed by atoms with van der Waals surface area (Å²) in [6.07, 6.45) is 1.75. The van der Waals surface area contributed by atoms with Gasteiger partial charge in [0.2, 0.25) is 0 Å². The number of rotatable bonds is 2. The van der Waals surface area contributed by atoms with Crippen molar-refractivity contribution in [1.82, 2.24) is 9.97 Å². The molecule has 1 rings (SSSR count). The van der Waals surface area contributed by atoms with Crippen LogP contribution in [0.15, 0.2) is 6.33 Å². The Morgan fingerprint density at radius 3 is 2.67 bits per heavy atom. The molecule has 0 aromatic carbocycles. The van der Waals surface area contributed by atoms with Crippen LogP contribution in [0.2, 0.25) is 0 Å². The summed E-state index contributed by atoms with van der Waals surface area (Å²) in [4.78, 5) is 7.22. The molecule has 0 saturated carbocycles. The van der Waals surface area contributed by atoms with Crippen molar-refractivity contribution >= 4 is 45.2 Å². The van der Waals surface area contributed by atoms with E-state index in [0.717, 1.165) is 8.86 Å². The second-order valence-corrected chi connectivity index (χ2v) is 3.12. The lowest BCUT2D eigenvalue weighted by Gasteiger charge is -1.89. The molecule has 2 nitrogen and oxygen atoms in total. The fourth-order valence-electron chi connectivity index (χ4n) is 0.580. The summed E-state index contributed by atoms with van der Waals surface area (Å²) in [6.45, 7) is 0. The van der Waals surface area contributed by atoms with Gasteiger partial charge in [-0.2, -0.15) is 0 Å². The van der Waals surface area contributed by atoms with E-state index >= 15 is 0 Å². The van der Waals surface area contributed by atoms with Crippen LogP contribution in [0.4, 0.5) is 0 Å². The van der Waals surface area contributed by atoms with E-state index < -0.39 is 0 Å². The molecule has 0 unspecified atom stereocenters. The molecule has 1 aromatic heterocycles. The van der Waals surface area contributed by atoms with Crippen molar-refractivity contribution in [2.75, 3.05) is 0 Å². The Labute approximate surface area is 81.1 Å². The van der Waals surface area contributed by atoms with Crippen LogP contribution in [0.25, 0.3) is 0 Å². The average Bonchev–Trinajstić information content (AvgIpc) is 2.33. The zero-order valence-electron chi connectivity index (χ0n) is 4.69. The summed E-state index contributed by atoms with van der Waals surface area (Å²) in [5.74, 6) is 0. The highest BCUT2D eigenvalue weighted by Gasteiger charge is 1.99. The Bertz CT molecular complexity index is 166. The molecule has 0 aliphatic heterocycles. The van der Waals surface area contributed by atoms with Gasteiger partial charge in [-0.25, -0.2) is 4.98 Å². The third-order valence-corrected chi connectivity index (χ3v) is 2.55. The Morgan fingerprint density at radius 1 is 1.44 bits per heavy atom. The number of halogens is 2. The minimum Gasteiger partial charge on any atom is -0.348 e. The normalized spacial score (nSPS) is 10.0. The summed E-state index contributed by atoms with van der Waals surface area (Å²) in [7, 11) is 0. The van der Waals surface area contributed by atoms with Gasteiger partial charge in [-0.15, -0.1) is 0 Å². The van der Waals surface area contributed by atoms with Gasteiger partial charge in [0.15, 0.2) is 0 Å². The van der Waals surface area contributed by atoms with Gasteiger partial charge in [0, 0.05) is 14.5 Å². The molecule has 0 atom stereocenters. The number of H-pyrrole nitrogens is 1. The molecule has 0 aliphatic carbocycles. The molecule has 0 aliphatic rings. The van der Waals surface area contributed by atoms with E-state index in [4.69, 9.17) is 0 Å². The summed E-state index contributed by atoms with van der Waals surface area (Å²) in [5, 5.41) is 0. The van der Waals surface area contributed by atoms with Gasteiger partial charge >= 0.3 is 0 Å². The molecule has 1 aromatic rings. The first-order valence-corrected chi connectivity index (χ1v) is 5.56. The molecular formula is C5H6I2N2. The highest BCUT2D eigenvalue weighted by atomic mass is 127. The second-order valence-electron chi connectivity index (χ2n) is 1.60. The fourth-order valence-corrected chi connectivity index (χ4v) is 1.90. The van der Waals surface area contributed by atoms with Crippen LogP contribution in [0.3, 0.4) is 0 Å². The topological polar surface area (TPSA) is 28.7 Å². The number of aromatic amines is 1. The maximum absolute atomic E-state index is 4.14. The van der Waals surface area contributed by atoms with E-state index in [9.17, 15) is 0 Å². The molecule has 9 heavy (non-hydrogen) atoms. The van der Waals surface area contributed by atoms with E-state index in [2.05, 4.69) is 55.1 Å². The highest BCUT2D eigenvalue weighted by Crippen LogP contribution is 2.10. The van der Waals surface area contributed by atoms with Crippen LogP contribution in [0, 0.1) is 0 Å². The Morgan fingerprint density at radius 2 is 2.22 bits per heavy atom. The van der Waals surface area contributed by atoms with Crippen molar-refractivity contribution in [3.63, 3.8) is 0 Å². The van der Waals surface area contributed by atoms with E-state index in [0.29, 0.717) is 0 Å². The van der Waals surface area contributed by atoms with Crippen molar-refractivity contribution in [3.05, 3.63) is 17.7 Å². The number of imidazole rings is 1. The standard InChI is InChI=1S/C5H6I2N2/c6-1-4-5(2-7)9-3-8-4/h3H,1-2H2,(H,8,9). The molecule has 1 heterocycles. The highest BCUT2D eigenvalue weighted by molar-refractivity contribution is 14.1. The van der Waals surface area contributed by atoms with E-state index in [1.165, 1.54) is 11.4 Å². The van der Waals surface area contributed by atoms with Crippen LogP contribution < -0.4 is 0 Å². The molecule has 0 saturated heterocycles. The molecule has 0 fully saturated rings. The lowest BCUT2D eigenvalue weighted by atomic mass is 10.4. The van der Waals surface area contributed by atoms with Crippen LogP contribution in [-0.2, 0) is 8.86 Å². The number of nitrogens with zero attached hydrogens (tertiary/aromatic N) is 1. The second kappa shape index (κ2) is 3.75. The predicted molar refractivity (Wildman–Crippen MR) is 54.0 cm³/mol. The fraction of sp³-hybridized carbons (Fsp3) is 0.400. The van der Waals surface area contributed by atoms with Crippen LogP contribution in [0.1, 0.15) is 11.4 Å². The van der Waals surface area contributed by atoms with Crippen LogP contribution >= 0.6 is 45.2 Å². The maximum atomic E-state index is 4.14. The summed E-state index contributed by atoms with van der Waals surface area (Å²) < 4.78 is 2.02. The maximum Gasteiger partial charge on any atom is 0.0925 e. The Kier molecular flexibility index (Phi) is 3.23. The van der Waals surface area contributed by atoms with Crippen molar-refractivity contribution in [2.24, 2.45) is 0 Å². The monoisotopic (exact) mass is 348 g/mol. The molecule has 0 bridgehead atoms. The van der Waals surface area contributed by atoms with Gasteiger partial charge in [0.25, 0.3) is 0 Å². The van der Waals surface area contributed by atoms with Crippen molar-refractivity contribution in [1.29, 1.82) is 0 Å². The minimum absolute atomic E-state index is 1.000. The van der Waals surface area contributed by atoms with Gasteiger partial charge in [-0.1, -0.05) is 45.2 Å². The van der Waals surface area contributed by atoms with Gasteiger partial charge in [0.05, 0.1) is 12.0 Å². The van der Waals surface area contributed by atoms with Gasteiger partial charge < -0.3 is 4.98 Å². The van der Waals surface area contributed by atoms with E-state index in [1.54, 1.807) is 6.33 Å². The van der Waals surface area contributed by atoms with Crippen molar-refractivity contribution < 1.29 is 0 Å². The first-order chi connectivity index (χ1) is 4.38. The number of nitrogens with one attached hydrogen (secondary N) is 1. The van der Waals surface area contributed by atoms with E-state index in [1.807, 2.05) is 0 Å². The zero-order chi connectivity index (χ0) is 6.69. The Hall–Kier alpha value is 0.670. The molecular weight excluding hydrogens is 342 g/mol. The molecule has 1 N–H and O–H groups in total. The largest absolute Gasteiger partial charge is 0.348 e. The third kappa shape index (κ3) is 1.79. The van der Waals surface area contributed by atoms with Gasteiger partial charge in [0.1, 0.15) is 0 Å². The first-order valence-electron chi connectivity index (χ1n) is 2.51. The number of hydrogen-bond acceptors (Lipinski definition) is 1. The van der Waals surface area contributed by atoms with Crippen LogP contribution in [-0.4, -0.2) is 9.97 Å². The number of alkyl halides is 2. The van der Waals surface area contributed by atoms with Gasteiger partial charge in [-0.05, 0) is 0 Å². The average molecular weight is 348 g/mol. The van der Waals surface area contributed by atoms with Crippen LogP contribution in [0.5, 0.6) is 0 Å². The molecule has 50 valence electrons. The molecule has 0 spiro atoms. The van der Waals surface area contributed by atoms with Gasteiger partial charge in [-0.3, -0.25) is 0 Å². The number of hydrogen-bond donors (Lipinski definition) is 1. The van der Waals surface area contributed by atoms with Crippen molar-refractivity contribution in [3.8, 4) is 0 Å². The summed E-state index contributed by atoms with van der Waals surface area (Å²) >= 11 is 4.64. The van der Waals surface area contributed by atoms with E-state index in [-0.39, 0.29) is 0 Å². The molecule has 4 heteroatoms. The summed E-state index contributed by atoms with van der Waals surface area (Å²) in [5.41, 5.74) is 2.44. The lowest BCUT2D eigenvalue weighted by molar-refractivity contribution is 1.20. The smallest absolute Gasteiger partial charge is 0.0925 e. The quantitative estimate of drug-likeness (QED) is 0.645. The third-order valence-electron chi connectivity index (χ3n) is 1.07. The molecule has 0 radical (unpaired) electrons. The SMILES string of the molecule is ICc1nc[nH]c1CI. The summed E-state index contributed by atoms with van der Waals surface area (Å²) in [6, 6.07) is 0. The molecule has 0 amide bonds. The lowest BCUT2D eigenvalue weighted by Crippen LogP contribution is -1.83. The zero-order valence-corrected chi connectivity index (χ0v) is 9.01. The predicted octanol–water partition coefficient (Wildman–Crippen LogP) is 2.28. The minimum atomic E-state index is 1.000. The van der Waals surface area contributed by atoms with Crippen molar-refractivity contribution in [2.45, 2.75) is 8.86 Å². The Balaban J connectivity index is 2.85. The first kappa shape index (κ1) is 7.77.